The fourth-order valence-corrected chi connectivity index (χ4v) is 3.56. The molecule has 1 N–H and O–H groups in total. The molecule has 2 heterocycles. The number of carbonyl (C=O) groups excluding carboxylic acids is 3. The van der Waals surface area contributed by atoms with Gasteiger partial charge in [-0.25, -0.2) is 5.43 Å². The van der Waals surface area contributed by atoms with Gasteiger partial charge in [-0.2, -0.15) is 5.10 Å². The lowest BCUT2D eigenvalue weighted by Crippen LogP contribution is -2.45. The van der Waals surface area contributed by atoms with Crippen LogP contribution in [0.5, 0.6) is 0 Å². The molecule has 2 aliphatic heterocycles. The summed E-state index contributed by atoms with van der Waals surface area (Å²) in [6.07, 6.45) is 2.63. The minimum Gasteiger partial charge on any atom is -0.374 e. The first-order valence-electron chi connectivity index (χ1n) is 10.2. The maximum absolute atomic E-state index is 12.9. The smallest absolute Gasteiger partial charge is 0.270 e. The summed E-state index contributed by atoms with van der Waals surface area (Å²) < 4.78 is 6.09. The number of nitrogens with one attached hydrogen (secondary N) is 1. The first-order chi connectivity index (χ1) is 14.1. The Morgan fingerprint density at radius 2 is 1.93 bits per heavy atom. The van der Waals surface area contributed by atoms with Gasteiger partial charge < -0.3 is 14.5 Å². The van der Waals surface area contributed by atoms with Crippen molar-refractivity contribution in [2.75, 3.05) is 26.2 Å². The number of amides is 3. The highest BCUT2D eigenvalue weighted by atomic mass is 16.5. The van der Waals surface area contributed by atoms with Crippen LogP contribution in [-0.4, -0.2) is 65.6 Å². The van der Waals surface area contributed by atoms with Crippen LogP contribution in [0.1, 0.15) is 31.2 Å². The van der Waals surface area contributed by atoms with Crippen molar-refractivity contribution in [3.8, 4) is 0 Å². The van der Waals surface area contributed by atoms with E-state index in [4.69, 9.17) is 4.74 Å². The predicted molar refractivity (Wildman–Crippen MR) is 106 cm³/mol. The summed E-state index contributed by atoms with van der Waals surface area (Å²) in [6.45, 7) is 1.93. The predicted octanol–water partition coefficient (Wildman–Crippen LogP) is 0.919. The summed E-state index contributed by atoms with van der Waals surface area (Å²) >= 11 is 0. The minimum atomic E-state index is -0.306. The summed E-state index contributed by atoms with van der Waals surface area (Å²) in [6, 6.07) is 9.81. The molecule has 1 saturated carbocycles. The SMILES string of the molecule is O=C1CCC(C(=O)N2CC(=O)N(Cc3ccccc3)CC(OCC3CC3)C2)=NN1. The van der Waals surface area contributed by atoms with Gasteiger partial charge in [-0.05, 0) is 24.3 Å². The third kappa shape index (κ3) is 5.20. The fraction of sp³-hybridized carbons (Fsp3) is 0.524. The number of hydrazone groups is 1. The van der Waals surface area contributed by atoms with Gasteiger partial charge in [0.25, 0.3) is 5.91 Å². The molecule has 29 heavy (non-hydrogen) atoms. The molecular weight excluding hydrogens is 372 g/mol. The van der Waals surface area contributed by atoms with E-state index in [-0.39, 0.29) is 48.9 Å². The van der Waals surface area contributed by atoms with E-state index in [0.29, 0.717) is 32.2 Å². The largest absolute Gasteiger partial charge is 0.374 e. The Hall–Kier alpha value is -2.74. The van der Waals surface area contributed by atoms with Crippen molar-refractivity contribution >= 4 is 23.4 Å². The van der Waals surface area contributed by atoms with Gasteiger partial charge in [-0.15, -0.1) is 0 Å². The van der Waals surface area contributed by atoms with Crippen molar-refractivity contribution in [3.05, 3.63) is 35.9 Å². The second-order valence-electron chi connectivity index (χ2n) is 7.94. The Balaban J connectivity index is 1.48. The average molecular weight is 398 g/mol. The lowest BCUT2D eigenvalue weighted by Gasteiger charge is -2.25. The van der Waals surface area contributed by atoms with Crippen LogP contribution in [0.25, 0.3) is 0 Å². The molecule has 3 amide bonds. The molecule has 4 rings (SSSR count). The summed E-state index contributed by atoms with van der Waals surface area (Å²) in [7, 11) is 0. The van der Waals surface area contributed by atoms with Gasteiger partial charge in [0.2, 0.25) is 11.8 Å². The number of hydrogen-bond donors (Lipinski definition) is 1. The number of hydrogen-bond acceptors (Lipinski definition) is 5. The van der Waals surface area contributed by atoms with Crippen molar-refractivity contribution < 1.29 is 19.1 Å². The van der Waals surface area contributed by atoms with Crippen LogP contribution in [-0.2, 0) is 25.7 Å². The molecule has 3 aliphatic rings. The summed E-state index contributed by atoms with van der Waals surface area (Å²) in [5, 5.41) is 3.90. The van der Waals surface area contributed by atoms with Crippen molar-refractivity contribution in [1.29, 1.82) is 0 Å². The fourth-order valence-electron chi connectivity index (χ4n) is 3.56. The van der Waals surface area contributed by atoms with Crippen molar-refractivity contribution in [1.82, 2.24) is 15.2 Å². The van der Waals surface area contributed by atoms with Crippen LogP contribution < -0.4 is 5.43 Å². The van der Waals surface area contributed by atoms with E-state index >= 15 is 0 Å². The van der Waals surface area contributed by atoms with Gasteiger partial charge >= 0.3 is 0 Å². The van der Waals surface area contributed by atoms with Crippen LogP contribution in [0.15, 0.2) is 35.4 Å². The van der Waals surface area contributed by atoms with Crippen LogP contribution >= 0.6 is 0 Å². The van der Waals surface area contributed by atoms with Crippen molar-refractivity contribution in [3.63, 3.8) is 0 Å². The highest BCUT2D eigenvalue weighted by Crippen LogP contribution is 2.29. The van der Waals surface area contributed by atoms with E-state index in [2.05, 4.69) is 10.5 Å². The molecule has 2 fully saturated rings. The maximum atomic E-state index is 12.9. The molecular formula is C21H26N4O4. The van der Waals surface area contributed by atoms with Gasteiger partial charge in [0.15, 0.2) is 0 Å². The molecule has 0 bridgehead atoms. The molecule has 154 valence electrons. The maximum Gasteiger partial charge on any atom is 0.270 e. The Kier molecular flexibility index (Phi) is 5.89. The molecule has 1 unspecified atom stereocenters. The van der Waals surface area contributed by atoms with Crippen LogP contribution in [0.2, 0.25) is 0 Å². The van der Waals surface area contributed by atoms with E-state index in [9.17, 15) is 14.4 Å². The Labute approximate surface area is 169 Å². The number of nitrogens with zero attached hydrogens (tertiary/aromatic N) is 3. The lowest BCUT2D eigenvalue weighted by atomic mass is 10.1. The zero-order valence-electron chi connectivity index (χ0n) is 16.4. The Morgan fingerprint density at radius 3 is 2.62 bits per heavy atom. The zero-order chi connectivity index (χ0) is 20.2. The van der Waals surface area contributed by atoms with Crippen molar-refractivity contribution in [2.24, 2.45) is 11.0 Å². The monoisotopic (exact) mass is 398 g/mol. The molecule has 8 heteroatoms. The standard InChI is InChI=1S/C21H26N4O4/c26-19-9-8-18(22-23-19)21(28)25-12-17(29-14-16-6-7-16)11-24(20(27)13-25)10-15-4-2-1-3-5-15/h1-5,16-17H,6-14H2,(H,23,26). The average Bonchev–Trinajstić information content (AvgIpc) is 3.56. The van der Waals surface area contributed by atoms with Gasteiger partial charge in [-0.1, -0.05) is 30.3 Å². The Morgan fingerprint density at radius 1 is 1.14 bits per heavy atom. The first-order valence-corrected chi connectivity index (χ1v) is 10.2. The second-order valence-corrected chi connectivity index (χ2v) is 7.94. The molecule has 1 aromatic carbocycles. The van der Waals surface area contributed by atoms with Crippen LogP contribution in [0, 0.1) is 5.92 Å². The van der Waals surface area contributed by atoms with E-state index in [1.165, 1.54) is 17.7 Å². The number of ether oxygens (including phenoxy) is 1. The molecule has 1 saturated heterocycles. The lowest BCUT2D eigenvalue weighted by molar-refractivity contribution is -0.136. The molecule has 1 atom stereocenters. The molecule has 8 nitrogen and oxygen atoms in total. The normalized spacial score (nSPS) is 22.8. The third-order valence-corrected chi connectivity index (χ3v) is 5.45. The number of carbonyl (C=O) groups is 3. The zero-order valence-corrected chi connectivity index (χ0v) is 16.4. The summed E-state index contributed by atoms with van der Waals surface area (Å²) in [4.78, 5) is 40.5. The van der Waals surface area contributed by atoms with E-state index in [0.717, 1.165) is 5.56 Å². The van der Waals surface area contributed by atoms with Crippen LogP contribution in [0.3, 0.4) is 0 Å². The second kappa shape index (κ2) is 8.73. The van der Waals surface area contributed by atoms with Crippen LogP contribution in [0.4, 0.5) is 0 Å². The third-order valence-electron chi connectivity index (χ3n) is 5.45. The van der Waals surface area contributed by atoms with Gasteiger partial charge in [-0.3, -0.25) is 14.4 Å². The Bertz CT molecular complexity index is 806. The number of rotatable bonds is 6. The first kappa shape index (κ1) is 19.6. The molecule has 0 aromatic heterocycles. The van der Waals surface area contributed by atoms with Gasteiger partial charge in [0.1, 0.15) is 12.3 Å². The minimum absolute atomic E-state index is 0.0120. The topological polar surface area (TPSA) is 91.3 Å². The van der Waals surface area contributed by atoms with E-state index in [1.54, 1.807) is 4.90 Å². The number of benzene rings is 1. The quantitative estimate of drug-likeness (QED) is 0.771. The summed E-state index contributed by atoms with van der Waals surface area (Å²) in [5.41, 5.74) is 3.68. The summed E-state index contributed by atoms with van der Waals surface area (Å²) in [5.74, 6) is -0.0214. The molecule has 0 spiro atoms. The molecule has 0 radical (unpaired) electrons. The highest BCUT2D eigenvalue weighted by molar-refractivity contribution is 6.39. The van der Waals surface area contributed by atoms with E-state index in [1.807, 2.05) is 30.3 Å². The molecule has 1 aromatic rings. The van der Waals surface area contributed by atoms with E-state index < -0.39 is 0 Å². The van der Waals surface area contributed by atoms with Crippen molar-refractivity contribution in [2.45, 2.75) is 38.3 Å². The van der Waals surface area contributed by atoms with Gasteiger partial charge in [0.05, 0.1) is 6.10 Å². The molecule has 1 aliphatic carbocycles. The highest BCUT2D eigenvalue weighted by Gasteiger charge is 2.34. The van der Waals surface area contributed by atoms with Gasteiger partial charge in [0, 0.05) is 39.1 Å².